The number of rotatable bonds is 3. The molecular formula is C13H18Br2. The largest absolute Gasteiger partial charge is 0.0885 e. The van der Waals surface area contributed by atoms with Gasteiger partial charge in [0.05, 0.1) is 0 Å². The van der Waals surface area contributed by atoms with Crippen molar-refractivity contribution in [1.82, 2.24) is 0 Å². The van der Waals surface area contributed by atoms with Crippen LogP contribution in [0.25, 0.3) is 0 Å². The number of halogens is 2. The predicted molar refractivity (Wildman–Crippen MR) is 74.6 cm³/mol. The van der Waals surface area contributed by atoms with Crippen LogP contribution in [0.4, 0.5) is 0 Å². The van der Waals surface area contributed by atoms with Crippen molar-refractivity contribution in [3.63, 3.8) is 0 Å². The molecule has 0 radical (unpaired) electrons. The van der Waals surface area contributed by atoms with E-state index in [0.717, 1.165) is 6.42 Å². The summed E-state index contributed by atoms with van der Waals surface area (Å²) in [4.78, 5) is 0.567. The highest BCUT2D eigenvalue weighted by Gasteiger charge is 2.21. The van der Waals surface area contributed by atoms with Crippen molar-refractivity contribution >= 4 is 31.9 Å². The van der Waals surface area contributed by atoms with Gasteiger partial charge in [0.2, 0.25) is 0 Å². The summed E-state index contributed by atoms with van der Waals surface area (Å²) >= 11 is 7.35. The molecule has 0 aromatic heterocycles. The molecule has 0 saturated carbocycles. The quantitative estimate of drug-likeness (QED) is 0.667. The van der Waals surface area contributed by atoms with Crippen molar-refractivity contribution in [2.75, 3.05) is 0 Å². The summed E-state index contributed by atoms with van der Waals surface area (Å²) in [5.74, 6) is 0. The average molecular weight is 334 g/mol. The molecule has 0 nitrogen and oxygen atoms in total. The topological polar surface area (TPSA) is 0 Å². The van der Waals surface area contributed by atoms with Crippen LogP contribution in [-0.2, 0) is 6.42 Å². The minimum absolute atomic E-state index is 0.335. The molecule has 0 aliphatic rings. The summed E-state index contributed by atoms with van der Waals surface area (Å²) in [7, 11) is 0. The van der Waals surface area contributed by atoms with Crippen molar-refractivity contribution in [1.29, 1.82) is 0 Å². The monoisotopic (exact) mass is 332 g/mol. The SMILES string of the molecule is CC(C)(C)C(Br)CCc1ccccc1Br. The third-order valence-electron chi connectivity index (χ3n) is 2.56. The summed E-state index contributed by atoms with van der Waals surface area (Å²) < 4.78 is 1.22. The molecule has 0 aliphatic heterocycles. The smallest absolute Gasteiger partial charge is 0.0207 e. The Morgan fingerprint density at radius 3 is 2.33 bits per heavy atom. The first-order valence-electron chi connectivity index (χ1n) is 5.29. The molecule has 0 spiro atoms. The second kappa shape index (κ2) is 5.49. The lowest BCUT2D eigenvalue weighted by Crippen LogP contribution is -2.20. The third kappa shape index (κ3) is 4.28. The molecule has 1 aromatic carbocycles. The van der Waals surface area contributed by atoms with Crippen LogP contribution in [0.2, 0.25) is 0 Å². The van der Waals surface area contributed by atoms with E-state index >= 15 is 0 Å². The molecule has 0 N–H and O–H groups in total. The summed E-state index contributed by atoms with van der Waals surface area (Å²) in [5, 5.41) is 0. The van der Waals surface area contributed by atoms with Crippen molar-refractivity contribution in [3.8, 4) is 0 Å². The van der Waals surface area contributed by atoms with Gasteiger partial charge in [-0.25, -0.2) is 0 Å². The number of benzene rings is 1. The van der Waals surface area contributed by atoms with E-state index in [1.807, 2.05) is 0 Å². The Morgan fingerprint density at radius 2 is 1.80 bits per heavy atom. The second-order valence-corrected chi connectivity index (χ2v) is 6.92. The van der Waals surface area contributed by atoms with Crippen LogP contribution in [-0.4, -0.2) is 4.83 Å². The summed E-state index contributed by atoms with van der Waals surface area (Å²) in [6, 6.07) is 8.45. The normalized spacial score (nSPS) is 13.9. The van der Waals surface area contributed by atoms with Gasteiger partial charge in [-0.1, -0.05) is 70.8 Å². The molecular weight excluding hydrogens is 316 g/mol. The molecule has 2 heteroatoms. The van der Waals surface area contributed by atoms with Crippen LogP contribution in [0.1, 0.15) is 32.8 Å². The van der Waals surface area contributed by atoms with Crippen LogP contribution in [0.5, 0.6) is 0 Å². The summed E-state index contributed by atoms with van der Waals surface area (Å²) in [6.07, 6.45) is 2.29. The molecule has 84 valence electrons. The first-order valence-corrected chi connectivity index (χ1v) is 6.99. The van der Waals surface area contributed by atoms with Gasteiger partial charge in [0, 0.05) is 9.30 Å². The Kier molecular flexibility index (Phi) is 4.85. The lowest BCUT2D eigenvalue weighted by Gasteiger charge is -2.25. The van der Waals surface area contributed by atoms with E-state index in [9.17, 15) is 0 Å². The summed E-state index contributed by atoms with van der Waals surface area (Å²) in [6.45, 7) is 6.81. The fraction of sp³-hybridized carbons (Fsp3) is 0.538. The molecule has 15 heavy (non-hydrogen) atoms. The summed E-state index contributed by atoms with van der Waals surface area (Å²) in [5.41, 5.74) is 1.73. The molecule has 0 bridgehead atoms. The van der Waals surface area contributed by atoms with Gasteiger partial charge in [0.15, 0.2) is 0 Å². The van der Waals surface area contributed by atoms with Crippen LogP contribution >= 0.6 is 31.9 Å². The molecule has 0 fully saturated rings. The van der Waals surface area contributed by atoms with Gasteiger partial charge >= 0.3 is 0 Å². The first kappa shape index (κ1) is 13.2. The van der Waals surface area contributed by atoms with Crippen molar-refractivity contribution in [2.24, 2.45) is 5.41 Å². The molecule has 1 rings (SSSR count). The maximum Gasteiger partial charge on any atom is 0.0207 e. The Morgan fingerprint density at radius 1 is 1.20 bits per heavy atom. The van der Waals surface area contributed by atoms with Crippen LogP contribution in [0, 0.1) is 5.41 Å². The molecule has 0 amide bonds. The van der Waals surface area contributed by atoms with E-state index < -0.39 is 0 Å². The predicted octanol–water partition coefficient (Wildman–Crippen LogP) is 5.19. The fourth-order valence-corrected chi connectivity index (χ4v) is 2.13. The molecule has 1 unspecified atom stereocenters. The number of hydrogen-bond donors (Lipinski definition) is 0. The average Bonchev–Trinajstić information content (AvgIpc) is 2.14. The Labute approximate surface area is 110 Å². The van der Waals surface area contributed by atoms with Gasteiger partial charge < -0.3 is 0 Å². The van der Waals surface area contributed by atoms with Crippen molar-refractivity contribution in [3.05, 3.63) is 34.3 Å². The molecule has 0 aliphatic carbocycles. The Bertz CT molecular complexity index is 313. The van der Waals surface area contributed by atoms with Crippen molar-refractivity contribution in [2.45, 2.75) is 38.4 Å². The van der Waals surface area contributed by atoms with E-state index in [2.05, 4.69) is 76.9 Å². The van der Waals surface area contributed by atoms with E-state index in [4.69, 9.17) is 0 Å². The molecule has 0 saturated heterocycles. The Balaban J connectivity index is 2.55. The zero-order valence-electron chi connectivity index (χ0n) is 9.56. The standard InChI is InChI=1S/C13H18Br2/c1-13(2,3)12(15)9-8-10-6-4-5-7-11(10)14/h4-7,12H,8-9H2,1-3H3. The van der Waals surface area contributed by atoms with Crippen LogP contribution in [0.3, 0.4) is 0 Å². The van der Waals surface area contributed by atoms with Crippen LogP contribution in [0.15, 0.2) is 28.7 Å². The lowest BCUT2D eigenvalue weighted by atomic mass is 9.89. The van der Waals surface area contributed by atoms with Crippen molar-refractivity contribution < 1.29 is 0 Å². The lowest BCUT2D eigenvalue weighted by molar-refractivity contribution is 0.385. The zero-order valence-corrected chi connectivity index (χ0v) is 12.7. The molecule has 1 atom stereocenters. The first-order chi connectivity index (χ1) is 6.91. The Hall–Kier alpha value is 0.180. The second-order valence-electron chi connectivity index (χ2n) is 4.96. The van der Waals surface area contributed by atoms with Gasteiger partial charge in [0.25, 0.3) is 0 Å². The number of hydrogen-bond acceptors (Lipinski definition) is 0. The number of aryl methyl sites for hydroxylation is 1. The minimum Gasteiger partial charge on any atom is -0.0885 e. The van der Waals surface area contributed by atoms with E-state index in [1.54, 1.807) is 0 Å². The van der Waals surface area contributed by atoms with E-state index in [1.165, 1.54) is 16.5 Å². The number of alkyl halides is 1. The van der Waals surface area contributed by atoms with Gasteiger partial charge in [-0.05, 0) is 29.9 Å². The molecule has 0 heterocycles. The fourth-order valence-electron chi connectivity index (χ4n) is 1.42. The maximum absolute atomic E-state index is 3.77. The zero-order chi connectivity index (χ0) is 11.5. The van der Waals surface area contributed by atoms with Gasteiger partial charge in [0.1, 0.15) is 0 Å². The van der Waals surface area contributed by atoms with Gasteiger partial charge in [-0.3, -0.25) is 0 Å². The highest BCUT2D eigenvalue weighted by molar-refractivity contribution is 9.10. The maximum atomic E-state index is 3.77. The van der Waals surface area contributed by atoms with Gasteiger partial charge in [-0.2, -0.15) is 0 Å². The van der Waals surface area contributed by atoms with E-state index in [-0.39, 0.29) is 0 Å². The van der Waals surface area contributed by atoms with Gasteiger partial charge in [-0.15, -0.1) is 0 Å². The highest BCUT2D eigenvalue weighted by atomic mass is 79.9. The minimum atomic E-state index is 0.335. The van der Waals surface area contributed by atoms with Crippen LogP contribution < -0.4 is 0 Å². The third-order valence-corrected chi connectivity index (χ3v) is 5.17. The van der Waals surface area contributed by atoms with E-state index in [0.29, 0.717) is 10.2 Å². The molecule has 1 aromatic rings. The highest BCUT2D eigenvalue weighted by Crippen LogP contribution is 2.30.